The molecule has 1 atom stereocenters. The lowest BCUT2D eigenvalue weighted by Gasteiger charge is -2.25. The largest absolute Gasteiger partial charge is 0.326 e. The van der Waals surface area contributed by atoms with Gasteiger partial charge in [-0.25, -0.2) is 0 Å². The monoisotopic (exact) mass is 289 g/mol. The second-order valence-corrected chi connectivity index (χ2v) is 6.21. The number of carbonyl (C=O) groups excluding carboxylic acids is 1. The summed E-state index contributed by atoms with van der Waals surface area (Å²) in [6.45, 7) is 1.74. The van der Waals surface area contributed by atoms with Gasteiger partial charge in [0.1, 0.15) is 5.37 Å². The maximum atomic E-state index is 12.0. The molecule has 0 spiro atoms. The van der Waals surface area contributed by atoms with Gasteiger partial charge in [0, 0.05) is 6.54 Å². The highest BCUT2D eigenvalue weighted by Gasteiger charge is 2.32. The SMILES string of the molecule is CN(C)CCCN1C(=O)CSC1c1cccc(C#N)c1. The molecule has 1 heterocycles. The minimum absolute atomic E-state index is 0.0537. The van der Waals surface area contributed by atoms with Crippen LogP contribution >= 0.6 is 11.8 Å². The van der Waals surface area contributed by atoms with Crippen molar-refractivity contribution in [3.05, 3.63) is 35.4 Å². The number of thioether (sulfide) groups is 1. The molecule has 0 aliphatic carbocycles. The predicted molar refractivity (Wildman–Crippen MR) is 81.2 cm³/mol. The molecule has 0 saturated carbocycles. The number of nitriles is 1. The third-order valence-electron chi connectivity index (χ3n) is 3.27. The van der Waals surface area contributed by atoms with Crippen molar-refractivity contribution < 1.29 is 4.79 Å². The van der Waals surface area contributed by atoms with Crippen LogP contribution in [-0.4, -0.2) is 48.6 Å². The van der Waals surface area contributed by atoms with E-state index in [4.69, 9.17) is 5.26 Å². The number of carbonyl (C=O) groups is 1. The smallest absolute Gasteiger partial charge is 0.233 e. The molecule has 1 aromatic rings. The van der Waals surface area contributed by atoms with E-state index in [1.165, 1.54) is 0 Å². The summed E-state index contributed by atoms with van der Waals surface area (Å²) in [5.41, 5.74) is 1.69. The Bertz CT molecular complexity index is 524. The van der Waals surface area contributed by atoms with E-state index in [-0.39, 0.29) is 11.3 Å². The topological polar surface area (TPSA) is 47.3 Å². The van der Waals surface area contributed by atoms with Crippen LogP contribution in [-0.2, 0) is 4.79 Å². The van der Waals surface area contributed by atoms with Gasteiger partial charge in [0.05, 0.1) is 17.4 Å². The molecule has 1 aromatic carbocycles. The van der Waals surface area contributed by atoms with E-state index in [9.17, 15) is 4.79 Å². The van der Waals surface area contributed by atoms with Gasteiger partial charge < -0.3 is 9.80 Å². The van der Waals surface area contributed by atoms with Gasteiger partial charge in [-0.15, -0.1) is 11.8 Å². The third-order valence-corrected chi connectivity index (χ3v) is 4.53. The molecule has 106 valence electrons. The lowest BCUT2D eigenvalue weighted by atomic mass is 10.1. The molecule has 1 fully saturated rings. The Morgan fingerprint density at radius 1 is 1.50 bits per heavy atom. The van der Waals surface area contributed by atoms with Crippen LogP contribution in [0.5, 0.6) is 0 Å². The molecule has 4 nitrogen and oxygen atoms in total. The quantitative estimate of drug-likeness (QED) is 0.832. The lowest BCUT2D eigenvalue weighted by molar-refractivity contribution is -0.128. The summed E-state index contributed by atoms with van der Waals surface area (Å²) in [4.78, 5) is 16.1. The predicted octanol–water partition coefficient (Wildman–Crippen LogP) is 2.08. The number of hydrogen-bond donors (Lipinski definition) is 0. The van der Waals surface area contributed by atoms with Crippen LogP contribution in [0.25, 0.3) is 0 Å². The fourth-order valence-corrected chi connectivity index (χ4v) is 3.50. The Morgan fingerprint density at radius 3 is 3.00 bits per heavy atom. The molecule has 1 saturated heterocycles. The zero-order valence-electron chi connectivity index (χ0n) is 11.9. The number of hydrogen-bond acceptors (Lipinski definition) is 4. The van der Waals surface area contributed by atoms with Crippen LogP contribution in [0.2, 0.25) is 0 Å². The van der Waals surface area contributed by atoms with Crippen LogP contribution in [0.4, 0.5) is 0 Å². The highest BCUT2D eigenvalue weighted by molar-refractivity contribution is 8.00. The Morgan fingerprint density at radius 2 is 2.30 bits per heavy atom. The van der Waals surface area contributed by atoms with Gasteiger partial charge in [-0.05, 0) is 44.8 Å². The first-order valence-corrected chi connectivity index (χ1v) is 7.72. The average molecular weight is 289 g/mol. The maximum absolute atomic E-state index is 12.0. The van der Waals surface area contributed by atoms with Gasteiger partial charge in [-0.2, -0.15) is 5.26 Å². The third kappa shape index (κ3) is 3.53. The van der Waals surface area contributed by atoms with E-state index < -0.39 is 0 Å². The first kappa shape index (κ1) is 14.9. The summed E-state index contributed by atoms with van der Waals surface area (Å²) in [6.07, 6.45) is 0.966. The lowest BCUT2D eigenvalue weighted by Crippen LogP contribution is -2.31. The first-order valence-electron chi connectivity index (χ1n) is 6.67. The zero-order chi connectivity index (χ0) is 14.5. The summed E-state index contributed by atoms with van der Waals surface area (Å²) in [7, 11) is 4.07. The van der Waals surface area contributed by atoms with Gasteiger partial charge in [-0.1, -0.05) is 12.1 Å². The summed E-state index contributed by atoms with van der Waals surface area (Å²) >= 11 is 1.64. The van der Waals surface area contributed by atoms with Gasteiger partial charge >= 0.3 is 0 Å². The summed E-state index contributed by atoms with van der Waals surface area (Å²) in [5, 5.41) is 9.04. The van der Waals surface area contributed by atoms with Gasteiger partial charge in [0.2, 0.25) is 5.91 Å². The first-order chi connectivity index (χ1) is 9.61. The number of rotatable bonds is 5. The molecule has 5 heteroatoms. The minimum Gasteiger partial charge on any atom is -0.326 e. The second kappa shape index (κ2) is 6.78. The molecule has 1 aliphatic rings. The fraction of sp³-hybridized carbons (Fsp3) is 0.467. The van der Waals surface area contributed by atoms with E-state index >= 15 is 0 Å². The minimum atomic E-state index is 0.0537. The molecule has 1 aliphatic heterocycles. The number of amides is 1. The molecular formula is C15H19N3OS. The Kier molecular flexibility index (Phi) is 5.05. The van der Waals surface area contributed by atoms with Crippen molar-refractivity contribution in [1.29, 1.82) is 5.26 Å². The summed E-state index contributed by atoms with van der Waals surface area (Å²) < 4.78 is 0. The molecule has 1 unspecified atom stereocenters. The van der Waals surface area contributed by atoms with Crippen molar-refractivity contribution in [2.24, 2.45) is 0 Å². The summed E-state index contributed by atoms with van der Waals surface area (Å²) in [5.74, 6) is 0.727. The highest BCUT2D eigenvalue weighted by Crippen LogP contribution is 2.38. The van der Waals surface area contributed by atoms with Gasteiger partial charge in [-0.3, -0.25) is 4.79 Å². The Labute approximate surface area is 124 Å². The second-order valence-electron chi connectivity index (χ2n) is 5.14. The van der Waals surface area contributed by atoms with E-state index in [2.05, 4.69) is 11.0 Å². The number of benzene rings is 1. The molecule has 20 heavy (non-hydrogen) atoms. The van der Waals surface area contributed by atoms with E-state index in [1.807, 2.05) is 37.2 Å². The average Bonchev–Trinajstić information content (AvgIpc) is 2.80. The zero-order valence-corrected chi connectivity index (χ0v) is 12.7. The molecule has 0 N–H and O–H groups in total. The van der Waals surface area contributed by atoms with E-state index in [1.54, 1.807) is 17.8 Å². The van der Waals surface area contributed by atoms with E-state index in [0.717, 1.165) is 25.1 Å². The van der Waals surface area contributed by atoms with Crippen LogP contribution in [0.1, 0.15) is 22.9 Å². The molecule has 0 bridgehead atoms. The molecule has 1 amide bonds. The molecule has 0 aromatic heterocycles. The number of nitrogens with zero attached hydrogens (tertiary/aromatic N) is 3. The van der Waals surface area contributed by atoms with Gasteiger partial charge in [0.15, 0.2) is 0 Å². The van der Waals surface area contributed by atoms with Crippen molar-refractivity contribution in [1.82, 2.24) is 9.80 Å². The maximum Gasteiger partial charge on any atom is 0.233 e. The van der Waals surface area contributed by atoms with E-state index in [0.29, 0.717) is 11.3 Å². The Hall–Kier alpha value is -1.51. The van der Waals surface area contributed by atoms with Crippen LogP contribution in [0.3, 0.4) is 0 Å². The van der Waals surface area contributed by atoms with Crippen molar-refractivity contribution in [3.63, 3.8) is 0 Å². The van der Waals surface area contributed by atoms with Crippen molar-refractivity contribution in [3.8, 4) is 6.07 Å². The summed E-state index contributed by atoms with van der Waals surface area (Å²) in [6, 6.07) is 9.71. The van der Waals surface area contributed by atoms with Crippen LogP contribution < -0.4 is 0 Å². The molecule has 0 radical (unpaired) electrons. The van der Waals surface area contributed by atoms with Crippen molar-refractivity contribution in [2.75, 3.05) is 32.9 Å². The molecular weight excluding hydrogens is 270 g/mol. The Balaban J connectivity index is 2.09. The van der Waals surface area contributed by atoms with Crippen LogP contribution in [0.15, 0.2) is 24.3 Å². The fourth-order valence-electron chi connectivity index (χ4n) is 2.29. The van der Waals surface area contributed by atoms with Crippen molar-refractivity contribution >= 4 is 17.7 Å². The standard InChI is InChI=1S/C15H19N3OS/c1-17(2)7-4-8-18-14(19)11-20-15(18)13-6-3-5-12(9-13)10-16/h3,5-6,9,15H,4,7-8,11H2,1-2H3. The van der Waals surface area contributed by atoms with Gasteiger partial charge in [0.25, 0.3) is 0 Å². The van der Waals surface area contributed by atoms with Crippen LogP contribution in [0, 0.1) is 11.3 Å². The highest BCUT2D eigenvalue weighted by atomic mass is 32.2. The molecule has 2 rings (SSSR count). The normalized spacial score (nSPS) is 18.6. The van der Waals surface area contributed by atoms with Crippen molar-refractivity contribution in [2.45, 2.75) is 11.8 Å².